The minimum Gasteiger partial charge on any atom is -0.302 e. The van der Waals surface area contributed by atoms with Crippen molar-refractivity contribution in [3.8, 4) is 0 Å². The van der Waals surface area contributed by atoms with Gasteiger partial charge >= 0.3 is 0 Å². The second-order valence-corrected chi connectivity index (χ2v) is 135. The van der Waals surface area contributed by atoms with E-state index in [4.69, 9.17) is 22.4 Å². The molecule has 0 radical (unpaired) electrons. The molecule has 0 spiro atoms. The first-order chi connectivity index (χ1) is 44.1. The van der Waals surface area contributed by atoms with Crippen molar-refractivity contribution in [3.05, 3.63) is 46.3 Å². The minimum atomic E-state index is 0.881. The van der Waals surface area contributed by atoms with Gasteiger partial charge in [-0.15, -0.1) is 0 Å². The molecule has 0 unspecified atom stereocenters. The van der Waals surface area contributed by atoms with Gasteiger partial charge in [-0.1, -0.05) is 24.3 Å². The lowest BCUT2D eigenvalue weighted by Crippen LogP contribution is -1.95. The van der Waals surface area contributed by atoms with E-state index in [0.717, 1.165) is 10.3 Å². The number of rotatable bonds is 0. The fourth-order valence-electron chi connectivity index (χ4n) is 2.96. The predicted molar refractivity (Wildman–Crippen MR) is 608 cm³/mol. The van der Waals surface area contributed by atoms with Crippen LogP contribution in [-0.2, 0) is 653 Å². The van der Waals surface area contributed by atoms with Gasteiger partial charge in [0.15, 0.2) is 0 Å². The zero-order valence-corrected chi connectivity index (χ0v) is 100. The molecule has 0 atom stereocenters. The Kier molecular flexibility index (Phi) is 93.8. The monoisotopic (exact) mass is 2610 g/mol. The summed E-state index contributed by atoms with van der Waals surface area (Å²) in [6.07, 6.45) is 2.02. The first kappa shape index (κ1) is 99.8. The third kappa shape index (κ3) is 68.1. The summed E-state index contributed by atoms with van der Waals surface area (Å²) in [5.74, 6) is 0. The molecule has 2 nitrogen and oxygen atoms in total. The van der Waals surface area contributed by atoms with Crippen molar-refractivity contribution in [1.29, 1.82) is 0 Å². The van der Waals surface area contributed by atoms with Crippen molar-refractivity contribution in [1.82, 2.24) is 9.38 Å². The van der Waals surface area contributed by atoms with Crippen LogP contribution in [0.2, 0.25) is 0 Å². The van der Waals surface area contributed by atoms with E-state index in [1.807, 2.05) is 512 Å². The van der Waals surface area contributed by atoms with E-state index in [0.29, 0.717) is 0 Å². The van der Waals surface area contributed by atoms with Crippen LogP contribution < -0.4 is 0 Å². The Labute approximate surface area is 733 Å². The van der Waals surface area contributed by atoms with Crippen molar-refractivity contribution in [2.75, 3.05) is 0 Å². The maximum atomic E-state index is 4.82. The fraction of sp³-hybridized carbons (Fsp3) is 0.154. The van der Waals surface area contributed by atoms with Crippen molar-refractivity contribution < 1.29 is 0 Å². The van der Waals surface area contributed by atoms with Gasteiger partial charge in [-0.2, -0.15) is 0 Å². The molecule has 3 rings (SSSR count). The van der Waals surface area contributed by atoms with Crippen LogP contribution in [0.15, 0.2) is 35.1 Å². The summed E-state index contributed by atoms with van der Waals surface area (Å²) in [6.45, 7) is 4.29. The van der Waals surface area contributed by atoms with E-state index in [2.05, 4.69) is 63.4 Å². The smallest absolute Gasteiger partial charge is 0.146 e. The zero-order valence-electron chi connectivity index (χ0n) is 39.0. The number of pyridine rings is 1. The van der Waals surface area contributed by atoms with Crippen molar-refractivity contribution in [2.45, 2.75) is 13.8 Å². The summed E-state index contributed by atoms with van der Waals surface area (Å²) in [4.78, 5) is 4.52. The molecular weight excluding hydrogens is 2600 g/mol. The summed E-state index contributed by atoms with van der Waals surface area (Å²) >= 11 is 13.1. The Balaban J connectivity index is 0.00000142. The van der Waals surface area contributed by atoms with Crippen LogP contribution in [0, 0.1) is 13.8 Å². The summed E-state index contributed by atoms with van der Waals surface area (Å²) in [7, 11) is 128. The first-order valence-corrected chi connectivity index (χ1v) is 114. The third-order valence-corrected chi connectivity index (χ3v) is 161. The molecule has 0 bridgehead atoms. The van der Waals surface area contributed by atoms with E-state index in [1.54, 1.807) is 107 Å². The Bertz CT molecular complexity index is 6380. The molecule has 3 aromatic rings. The molecular formula is C13H11BrN2S73. The van der Waals surface area contributed by atoms with Gasteiger partial charge in [0, 0.05) is 670 Å². The van der Waals surface area contributed by atoms with Crippen LogP contribution in [0.1, 0.15) is 11.3 Å². The first-order valence-electron chi connectivity index (χ1n) is 17.2. The van der Waals surface area contributed by atoms with E-state index in [9.17, 15) is 0 Å². The molecule has 0 aliphatic heterocycles. The summed E-state index contributed by atoms with van der Waals surface area (Å²) in [5.41, 5.74) is 3.57. The normalized spacial score (nSPS) is 8.48. The number of hydrogen-bond acceptors (Lipinski definition) is 3. The van der Waals surface area contributed by atoms with Gasteiger partial charge in [0.1, 0.15) is 10.3 Å². The molecule has 0 saturated heterocycles. The largest absolute Gasteiger partial charge is 0.302 e. The minimum absolute atomic E-state index is 0.881. The lowest BCUT2D eigenvalue weighted by atomic mass is 10.1. The number of nitrogens with zero attached hydrogens (tertiary/aromatic N) is 2. The maximum Gasteiger partial charge on any atom is 0.146 e. The van der Waals surface area contributed by atoms with Crippen LogP contribution in [0.3, 0.4) is 0 Å². The molecule has 89 heavy (non-hydrogen) atoms. The molecule has 2 aromatic heterocycles. The number of aryl methyl sites for hydroxylation is 2. The number of fused-ring (bicyclic) bond motifs is 3. The Morgan fingerprint density at radius 1 is 0.258 bits per heavy atom. The van der Waals surface area contributed by atoms with E-state index < -0.39 is 0 Å². The van der Waals surface area contributed by atoms with Gasteiger partial charge < -0.3 is 4.40 Å². The molecule has 76 heteroatoms. The van der Waals surface area contributed by atoms with Crippen LogP contribution in [-0.4, -0.2) is 9.38 Å². The molecule has 0 aliphatic carbocycles. The number of benzene rings is 1. The van der Waals surface area contributed by atoms with Crippen molar-refractivity contribution in [2.24, 2.45) is 0 Å². The van der Waals surface area contributed by atoms with Gasteiger partial charge in [0.2, 0.25) is 0 Å². The average Bonchev–Trinajstić information content (AvgIpc) is 1.85. The van der Waals surface area contributed by atoms with Crippen molar-refractivity contribution >= 4 is 685 Å². The standard InChI is InChI=1S/C13H11BrN2.S73/c1-8-9(2)16-7-12(14)15-13(16)11-6-4-3-5-10(8)11;1-3-5-7-9-11-13-15-17-19-21-23-25-27-29-31-33-35-37-39-41-43-45-47-49-51-53-55-57-59-61-63-65-67-69-71-73-72-70-68-66-64-62-60-58-56-54-52-50-48-46-44-42-40-38-36-34-32-30-28-26-24-22-20-18-16-14-12-10-8-6-4-2/h3-7H,1-2H3;. The highest BCUT2D eigenvalue weighted by atomic mass is 79.9. The Morgan fingerprint density at radius 2 is 0.416 bits per heavy atom. The van der Waals surface area contributed by atoms with Gasteiger partial charge in [0.05, 0.1) is 0 Å². The van der Waals surface area contributed by atoms with Crippen LogP contribution in [0.4, 0.5) is 0 Å². The summed E-state index contributed by atoms with van der Waals surface area (Å²) in [6, 6.07) is 8.40. The fourth-order valence-corrected chi connectivity index (χ4v) is 193. The molecule has 2 heterocycles. The van der Waals surface area contributed by atoms with Gasteiger partial charge in [-0.3, -0.25) is 0 Å². The van der Waals surface area contributed by atoms with E-state index >= 15 is 0 Å². The van der Waals surface area contributed by atoms with Crippen LogP contribution in [0.25, 0.3) is 16.4 Å². The van der Waals surface area contributed by atoms with Crippen LogP contribution >= 0.6 is 15.9 Å². The predicted octanol–water partition coefficient (Wildman–Crippen LogP) is 3.69. The molecule has 0 aliphatic rings. The topological polar surface area (TPSA) is 17.3 Å². The second kappa shape index (κ2) is 83.6. The van der Waals surface area contributed by atoms with E-state index in [1.165, 1.54) is 39.8 Å². The van der Waals surface area contributed by atoms with Gasteiger partial charge in [-0.25, -0.2) is 4.98 Å². The summed E-state index contributed by atoms with van der Waals surface area (Å²) in [5, 5.41) is 2.49. The van der Waals surface area contributed by atoms with Crippen LogP contribution in [0.5, 0.6) is 0 Å². The molecule has 0 N–H and O–H groups in total. The highest BCUT2D eigenvalue weighted by Crippen LogP contribution is 2.27. The Hall–Kier alpha value is 14.7. The number of imidazole rings is 1. The third-order valence-electron chi connectivity index (χ3n) is 5.10. The van der Waals surface area contributed by atoms with Gasteiger partial charge in [0.25, 0.3) is 0 Å². The lowest BCUT2D eigenvalue weighted by molar-refractivity contribution is 1.08. The number of aromatic nitrogens is 2. The zero-order chi connectivity index (χ0) is 63.5. The Morgan fingerprint density at radius 3 is 0.584 bits per heavy atom. The number of hydrogen-bond donors (Lipinski definition) is 0. The van der Waals surface area contributed by atoms with Crippen molar-refractivity contribution in [3.63, 3.8) is 0 Å². The van der Waals surface area contributed by atoms with E-state index in [-0.39, 0.29) is 0 Å². The SMILES string of the molecule is Cc1c(C)n2cc(Br)nc2c2ccccc12.S=S=S=S=S=S=S=S=S=S=S=S=S=S=S=S=S=S=S=S=S=S=S=S=S=S=S=S=S=S=S=S=S=S=S=S=S=S=S=S=S=S=S=S=S=S=S=S=S=S=S=S=S=S=S=S=S=S=S=S=S=S=S=S=S=S=S=S=S=S=S=S=S. The maximum absolute atomic E-state index is 4.82. The highest BCUT2D eigenvalue weighted by molar-refractivity contribution is 9.10. The second-order valence-electron chi connectivity index (χ2n) is 8.84. The lowest BCUT2D eigenvalue weighted by Gasteiger charge is -2.09. The molecule has 0 saturated carbocycles. The average molecular weight is 2620 g/mol. The quantitative estimate of drug-likeness (QED) is 0.343. The molecule has 0 fully saturated rings. The molecule has 518 valence electrons. The summed E-state index contributed by atoms with van der Waals surface area (Å²) < 4.78 is 3.02. The van der Waals surface area contributed by atoms with Gasteiger partial charge in [-0.05, 0) is 40.7 Å². The highest BCUT2D eigenvalue weighted by Gasteiger charge is 2.10. The molecule has 1 aromatic carbocycles. The number of halogens is 1. The molecule has 0 amide bonds.